The van der Waals surface area contributed by atoms with Crippen LogP contribution in [0.4, 0.5) is 0 Å². The molecule has 0 fully saturated rings. The Morgan fingerprint density at radius 3 is 2.67 bits per heavy atom. The smallest absolute Gasteiger partial charge is 0.305 e. The van der Waals surface area contributed by atoms with Crippen molar-refractivity contribution in [3.05, 3.63) is 0 Å². The van der Waals surface area contributed by atoms with Crippen LogP contribution in [0.1, 0.15) is 13.3 Å². The van der Waals surface area contributed by atoms with Gasteiger partial charge >= 0.3 is 5.97 Å². The van der Waals surface area contributed by atoms with Crippen LogP contribution in [0, 0.1) is 0 Å². The topological polar surface area (TPSA) is 91.0 Å². The van der Waals surface area contributed by atoms with Crippen LogP contribution in [0.15, 0.2) is 0 Å². The van der Waals surface area contributed by atoms with E-state index in [9.17, 15) is 4.79 Å². The summed E-state index contributed by atoms with van der Waals surface area (Å²) in [6.07, 6.45) is -0.554. The fourth-order valence-electron chi connectivity index (χ4n) is 0.871. The largest absolute Gasteiger partial charge is 0.481 e. The molecule has 6 heteroatoms. The number of nitrogens with two attached hydrogens (primary N) is 1. The second-order valence-corrected chi connectivity index (χ2v) is 2.76. The number of carboxylic acid groups (broad SMARTS) is 1. The van der Waals surface area contributed by atoms with Crippen molar-refractivity contribution in [2.75, 3.05) is 33.0 Å². The van der Waals surface area contributed by atoms with Gasteiger partial charge in [-0.3, -0.25) is 4.79 Å². The van der Waals surface area contributed by atoms with Gasteiger partial charge in [-0.1, -0.05) is 0 Å². The zero-order valence-corrected chi connectivity index (χ0v) is 8.98. The number of aliphatic carboxylic acids is 1. The number of hydrogen-bond donors (Lipinski definition) is 2. The molecule has 1 atom stereocenters. The molecule has 15 heavy (non-hydrogen) atoms. The Labute approximate surface area is 89.3 Å². The predicted molar refractivity (Wildman–Crippen MR) is 53.5 cm³/mol. The first-order valence-corrected chi connectivity index (χ1v) is 4.93. The Morgan fingerprint density at radius 1 is 1.40 bits per heavy atom. The van der Waals surface area contributed by atoms with Crippen molar-refractivity contribution in [1.82, 2.24) is 0 Å². The molecule has 6 nitrogen and oxygen atoms in total. The molecule has 0 aliphatic carbocycles. The van der Waals surface area contributed by atoms with Crippen LogP contribution in [0.25, 0.3) is 0 Å². The lowest BCUT2D eigenvalue weighted by Gasteiger charge is -2.17. The number of carbonyl (C=O) groups is 1. The lowest BCUT2D eigenvalue weighted by Crippen LogP contribution is -2.26. The van der Waals surface area contributed by atoms with Gasteiger partial charge in [-0.05, 0) is 6.92 Å². The third kappa shape index (κ3) is 9.61. The molecule has 0 amide bonds. The molecule has 0 rings (SSSR count). The fourth-order valence-corrected chi connectivity index (χ4v) is 0.871. The highest BCUT2D eigenvalue weighted by Gasteiger charge is 2.09. The molecule has 0 aromatic heterocycles. The summed E-state index contributed by atoms with van der Waals surface area (Å²) in [6, 6.07) is 0. The van der Waals surface area contributed by atoms with E-state index < -0.39 is 12.3 Å². The molecule has 0 aliphatic heterocycles. The van der Waals surface area contributed by atoms with Crippen molar-refractivity contribution in [2.24, 2.45) is 5.73 Å². The quantitative estimate of drug-likeness (QED) is 0.392. The van der Waals surface area contributed by atoms with E-state index in [0.29, 0.717) is 19.8 Å². The van der Waals surface area contributed by atoms with Gasteiger partial charge in [0.05, 0.1) is 26.2 Å². The van der Waals surface area contributed by atoms with Crippen molar-refractivity contribution in [2.45, 2.75) is 19.6 Å². The van der Waals surface area contributed by atoms with Crippen molar-refractivity contribution >= 4 is 5.97 Å². The van der Waals surface area contributed by atoms with Crippen LogP contribution in [0.5, 0.6) is 0 Å². The number of ether oxygens (including phenoxy) is 3. The van der Waals surface area contributed by atoms with Gasteiger partial charge < -0.3 is 25.1 Å². The van der Waals surface area contributed by atoms with Crippen LogP contribution in [-0.2, 0) is 19.0 Å². The van der Waals surface area contributed by atoms with E-state index in [0.717, 1.165) is 0 Å². The van der Waals surface area contributed by atoms with Crippen molar-refractivity contribution in [3.8, 4) is 0 Å². The molecule has 0 saturated heterocycles. The number of hydrogen-bond acceptors (Lipinski definition) is 5. The summed E-state index contributed by atoms with van der Waals surface area (Å²) in [5.41, 5.74) is 5.24. The van der Waals surface area contributed by atoms with Crippen molar-refractivity contribution < 1.29 is 24.1 Å². The standard InChI is InChI=1S/C9H19NO5/c1-2-14-9(7-13-6-4-10)15-5-3-8(11)12/h9H,2-7,10H2,1H3,(H,11,12). The Morgan fingerprint density at radius 2 is 2.13 bits per heavy atom. The molecular formula is C9H19NO5. The van der Waals surface area contributed by atoms with E-state index >= 15 is 0 Å². The van der Waals surface area contributed by atoms with Crippen LogP contribution >= 0.6 is 0 Å². The van der Waals surface area contributed by atoms with Crippen LogP contribution in [0.3, 0.4) is 0 Å². The summed E-state index contributed by atoms with van der Waals surface area (Å²) in [7, 11) is 0. The maximum Gasteiger partial charge on any atom is 0.305 e. The van der Waals surface area contributed by atoms with Gasteiger partial charge in [-0.2, -0.15) is 0 Å². The molecule has 0 aliphatic rings. The van der Waals surface area contributed by atoms with E-state index in [1.165, 1.54) is 0 Å². The molecule has 0 spiro atoms. The molecule has 1 unspecified atom stereocenters. The maximum absolute atomic E-state index is 10.2. The van der Waals surface area contributed by atoms with Crippen molar-refractivity contribution in [3.63, 3.8) is 0 Å². The summed E-state index contributed by atoms with van der Waals surface area (Å²) in [4.78, 5) is 10.2. The minimum atomic E-state index is -0.895. The SMILES string of the molecule is CCOC(COCCN)OCCC(=O)O. The predicted octanol–water partition coefficient (Wildman–Crippen LogP) is -0.184. The molecule has 0 bridgehead atoms. The van der Waals surface area contributed by atoms with E-state index in [1.54, 1.807) is 0 Å². The highest BCUT2D eigenvalue weighted by molar-refractivity contribution is 5.66. The molecule has 0 radical (unpaired) electrons. The summed E-state index contributed by atoms with van der Waals surface area (Å²) in [6.45, 7) is 3.58. The first-order valence-electron chi connectivity index (χ1n) is 4.93. The summed E-state index contributed by atoms with van der Waals surface area (Å²) in [5.74, 6) is -0.895. The van der Waals surface area contributed by atoms with Crippen LogP contribution in [-0.4, -0.2) is 50.3 Å². The third-order valence-corrected chi connectivity index (χ3v) is 1.49. The highest BCUT2D eigenvalue weighted by Crippen LogP contribution is 1.97. The van der Waals surface area contributed by atoms with E-state index in [1.807, 2.05) is 6.92 Å². The molecule has 90 valence electrons. The lowest BCUT2D eigenvalue weighted by molar-refractivity contribution is -0.173. The van der Waals surface area contributed by atoms with Gasteiger partial charge in [0.15, 0.2) is 6.29 Å². The fraction of sp³-hybridized carbons (Fsp3) is 0.889. The summed E-state index contributed by atoms with van der Waals surface area (Å²) >= 11 is 0. The summed E-state index contributed by atoms with van der Waals surface area (Å²) in [5, 5.41) is 8.40. The Kier molecular flexibility index (Phi) is 9.40. The average molecular weight is 221 g/mol. The molecule has 3 N–H and O–H groups in total. The first kappa shape index (κ1) is 14.3. The molecule has 0 aromatic carbocycles. The zero-order valence-electron chi connectivity index (χ0n) is 8.98. The minimum Gasteiger partial charge on any atom is -0.481 e. The first-order chi connectivity index (χ1) is 7.20. The lowest BCUT2D eigenvalue weighted by atomic mass is 10.5. The second kappa shape index (κ2) is 9.85. The molecule has 0 heterocycles. The maximum atomic E-state index is 10.2. The molecule has 0 saturated carbocycles. The second-order valence-electron chi connectivity index (χ2n) is 2.76. The van der Waals surface area contributed by atoms with Gasteiger partial charge in [0, 0.05) is 13.2 Å². The monoisotopic (exact) mass is 221 g/mol. The van der Waals surface area contributed by atoms with Crippen LogP contribution in [0.2, 0.25) is 0 Å². The minimum absolute atomic E-state index is 0.0412. The Hall–Kier alpha value is -0.690. The number of carboxylic acids is 1. The van der Waals surface area contributed by atoms with Gasteiger partial charge in [0.1, 0.15) is 0 Å². The number of rotatable bonds is 10. The van der Waals surface area contributed by atoms with Gasteiger partial charge in [0.2, 0.25) is 0 Å². The zero-order chi connectivity index (χ0) is 11.5. The van der Waals surface area contributed by atoms with Gasteiger partial charge in [0.25, 0.3) is 0 Å². The van der Waals surface area contributed by atoms with Crippen LogP contribution < -0.4 is 5.73 Å². The molecule has 0 aromatic rings. The summed E-state index contributed by atoms with van der Waals surface area (Å²) < 4.78 is 15.5. The average Bonchev–Trinajstić information content (AvgIpc) is 2.17. The highest BCUT2D eigenvalue weighted by atomic mass is 16.7. The van der Waals surface area contributed by atoms with Gasteiger partial charge in [-0.25, -0.2) is 0 Å². The normalized spacial score (nSPS) is 12.7. The van der Waals surface area contributed by atoms with Gasteiger partial charge in [-0.15, -0.1) is 0 Å². The van der Waals surface area contributed by atoms with E-state index in [2.05, 4.69) is 0 Å². The van der Waals surface area contributed by atoms with E-state index in [-0.39, 0.29) is 19.6 Å². The molecular weight excluding hydrogens is 202 g/mol. The third-order valence-electron chi connectivity index (χ3n) is 1.49. The Balaban J connectivity index is 3.57. The Bertz CT molecular complexity index is 165. The van der Waals surface area contributed by atoms with Crippen molar-refractivity contribution in [1.29, 1.82) is 0 Å². The van der Waals surface area contributed by atoms with E-state index in [4.69, 9.17) is 25.1 Å².